The van der Waals surface area contributed by atoms with Crippen LogP contribution in [0.5, 0.6) is 5.75 Å². The zero-order valence-electron chi connectivity index (χ0n) is 7.60. The van der Waals surface area contributed by atoms with Crippen LogP contribution in [0.1, 0.15) is 0 Å². The molecule has 0 spiro atoms. The molecule has 0 radical (unpaired) electrons. The predicted octanol–water partition coefficient (Wildman–Crippen LogP) is -0.406. The van der Waals surface area contributed by atoms with Crippen molar-refractivity contribution in [3.05, 3.63) is 28.8 Å². The SMILES string of the molecule is N=C1N=c2cccc(O)c2=C2C=NN=C12. The molecule has 0 saturated heterocycles. The van der Waals surface area contributed by atoms with E-state index in [9.17, 15) is 5.11 Å². The summed E-state index contributed by atoms with van der Waals surface area (Å²) in [6, 6.07) is 5.03. The van der Waals surface area contributed by atoms with Gasteiger partial charge < -0.3 is 5.11 Å². The van der Waals surface area contributed by atoms with Crippen molar-refractivity contribution in [1.82, 2.24) is 0 Å². The first-order valence-electron chi connectivity index (χ1n) is 4.39. The topological polar surface area (TPSA) is 81.2 Å². The van der Waals surface area contributed by atoms with Crippen LogP contribution in [-0.4, -0.2) is 22.9 Å². The Balaban J connectivity index is 2.60. The van der Waals surface area contributed by atoms with Gasteiger partial charge in [-0.25, -0.2) is 4.99 Å². The maximum atomic E-state index is 9.72. The minimum Gasteiger partial charge on any atom is -0.507 e. The molecule has 0 unspecified atom stereocenters. The molecule has 15 heavy (non-hydrogen) atoms. The Bertz CT molecular complexity index is 654. The van der Waals surface area contributed by atoms with Crippen LogP contribution in [0, 0.1) is 5.41 Å². The monoisotopic (exact) mass is 198 g/mol. The second kappa shape index (κ2) is 2.60. The van der Waals surface area contributed by atoms with Gasteiger partial charge in [-0.1, -0.05) is 6.07 Å². The summed E-state index contributed by atoms with van der Waals surface area (Å²) in [4.78, 5) is 4.04. The quantitative estimate of drug-likeness (QED) is 0.584. The molecule has 5 nitrogen and oxygen atoms in total. The molecule has 2 N–H and O–H groups in total. The molecule has 0 aliphatic carbocycles. The van der Waals surface area contributed by atoms with Gasteiger partial charge in [-0.15, -0.1) is 5.10 Å². The Morgan fingerprint density at radius 2 is 2.13 bits per heavy atom. The predicted molar refractivity (Wildman–Crippen MR) is 55.9 cm³/mol. The third kappa shape index (κ3) is 0.969. The molecule has 0 amide bonds. The number of aromatic hydroxyl groups is 1. The van der Waals surface area contributed by atoms with E-state index in [0.29, 0.717) is 21.9 Å². The van der Waals surface area contributed by atoms with Gasteiger partial charge in [0.2, 0.25) is 0 Å². The first kappa shape index (κ1) is 8.05. The van der Waals surface area contributed by atoms with Gasteiger partial charge in [-0.2, -0.15) is 5.10 Å². The highest BCUT2D eigenvalue weighted by Crippen LogP contribution is 2.10. The first-order chi connectivity index (χ1) is 7.27. The highest BCUT2D eigenvalue weighted by atomic mass is 16.3. The molecule has 0 aromatic heterocycles. The van der Waals surface area contributed by atoms with Gasteiger partial charge in [0.05, 0.1) is 16.8 Å². The molecule has 2 aliphatic heterocycles. The molecule has 2 heterocycles. The number of nitrogens with zero attached hydrogens (tertiary/aromatic N) is 3. The van der Waals surface area contributed by atoms with E-state index in [1.807, 2.05) is 0 Å². The van der Waals surface area contributed by atoms with Crippen molar-refractivity contribution in [1.29, 1.82) is 5.41 Å². The maximum Gasteiger partial charge on any atom is 0.173 e. The highest BCUT2D eigenvalue weighted by molar-refractivity contribution is 6.63. The zero-order chi connectivity index (χ0) is 10.4. The van der Waals surface area contributed by atoms with E-state index in [1.165, 1.54) is 6.21 Å². The van der Waals surface area contributed by atoms with Crippen molar-refractivity contribution < 1.29 is 5.11 Å². The Kier molecular flexibility index (Phi) is 1.39. The number of nitrogens with one attached hydrogen (secondary N) is 1. The van der Waals surface area contributed by atoms with Crippen molar-refractivity contribution in [2.75, 3.05) is 0 Å². The summed E-state index contributed by atoms with van der Waals surface area (Å²) < 4.78 is 0. The minimum absolute atomic E-state index is 0.0839. The summed E-state index contributed by atoms with van der Waals surface area (Å²) in [5.41, 5.74) is 1.09. The number of hydrogen-bond acceptors (Lipinski definition) is 4. The summed E-state index contributed by atoms with van der Waals surface area (Å²) in [5.74, 6) is 0.223. The average Bonchev–Trinajstić information content (AvgIpc) is 2.66. The van der Waals surface area contributed by atoms with Crippen LogP contribution in [0.25, 0.3) is 5.57 Å². The van der Waals surface area contributed by atoms with E-state index in [-0.39, 0.29) is 11.6 Å². The Morgan fingerprint density at radius 3 is 3.00 bits per heavy atom. The van der Waals surface area contributed by atoms with Crippen molar-refractivity contribution >= 4 is 23.3 Å². The number of benzene rings is 1. The third-order valence-corrected chi connectivity index (χ3v) is 2.35. The van der Waals surface area contributed by atoms with Crippen molar-refractivity contribution in [2.24, 2.45) is 15.2 Å². The van der Waals surface area contributed by atoms with Crippen LogP contribution < -0.4 is 10.6 Å². The molecule has 0 saturated carbocycles. The Hall–Kier alpha value is -2.30. The van der Waals surface area contributed by atoms with Crippen LogP contribution >= 0.6 is 0 Å². The van der Waals surface area contributed by atoms with Crippen LogP contribution in [0.15, 0.2) is 33.4 Å². The normalized spacial score (nSPS) is 16.9. The first-order valence-corrected chi connectivity index (χ1v) is 4.39. The van der Waals surface area contributed by atoms with E-state index in [2.05, 4.69) is 15.2 Å². The van der Waals surface area contributed by atoms with Gasteiger partial charge in [0.25, 0.3) is 0 Å². The largest absolute Gasteiger partial charge is 0.507 e. The minimum atomic E-state index is 0.0839. The summed E-state index contributed by atoms with van der Waals surface area (Å²) in [5, 5.41) is 26.1. The fourth-order valence-corrected chi connectivity index (χ4v) is 1.69. The van der Waals surface area contributed by atoms with Crippen molar-refractivity contribution in [2.45, 2.75) is 0 Å². The van der Waals surface area contributed by atoms with Crippen LogP contribution in [-0.2, 0) is 0 Å². The van der Waals surface area contributed by atoms with Gasteiger partial charge in [-0.05, 0) is 12.1 Å². The van der Waals surface area contributed by atoms with Gasteiger partial charge in [0, 0.05) is 5.57 Å². The molecule has 5 heteroatoms. The van der Waals surface area contributed by atoms with E-state index in [4.69, 9.17) is 5.41 Å². The van der Waals surface area contributed by atoms with Gasteiger partial charge in [0.1, 0.15) is 11.5 Å². The smallest absolute Gasteiger partial charge is 0.173 e. The molecule has 1 aromatic rings. The maximum absolute atomic E-state index is 9.72. The number of phenolic OH excluding ortho intramolecular Hbond substituents is 1. The fourth-order valence-electron chi connectivity index (χ4n) is 1.69. The molecule has 0 fully saturated rings. The van der Waals surface area contributed by atoms with E-state index < -0.39 is 0 Å². The molecule has 3 rings (SSSR count). The lowest BCUT2D eigenvalue weighted by atomic mass is 10.0. The number of amidine groups is 1. The van der Waals surface area contributed by atoms with Gasteiger partial charge >= 0.3 is 0 Å². The summed E-state index contributed by atoms with van der Waals surface area (Å²) in [6.45, 7) is 0. The lowest BCUT2D eigenvalue weighted by Crippen LogP contribution is -2.37. The Morgan fingerprint density at radius 1 is 1.27 bits per heavy atom. The van der Waals surface area contributed by atoms with E-state index in [1.54, 1.807) is 18.2 Å². The number of phenols is 1. The number of rotatable bonds is 0. The Labute approximate surface area is 84.3 Å². The standard InChI is InChI=1S/C10H6N4O/c11-10-9-5(4-12-14-9)8-6(13-10)2-1-3-7(8)15/h1-4,11,15H. The second-order valence-electron chi connectivity index (χ2n) is 3.24. The van der Waals surface area contributed by atoms with Crippen molar-refractivity contribution in [3.8, 4) is 5.75 Å². The number of fused-ring (bicyclic) bond motifs is 2. The lowest BCUT2D eigenvalue weighted by Gasteiger charge is -2.06. The summed E-state index contributed by atoms with van der Waals surface area (Å²) in [7, 11) is 0. The van der Waals surface area contributed by atoms with Crippen LogP contribution in [0.4, 0.5) is 0 Å². The van der Waals surface area contributed by atoms with E-state index >= 15 is 0 Å². The molecular formula is C10H6N4O. The van der Waals surface area contributed by atoms with Crippen LogP contribution in [0.3, 0.4) is 0 Å². The summed E-state index contributed by atoms with van der Waals surface area (Å²) in [6.07, 6.45) is 1.54. The number of hydrogen-bond donors (Lipinski definition) is 2. The highest BCUT2D eigenvalue weighted by Gasteiger charge is 2.21. The molecule has 2 aliphatic rings. The molecule has 72 valence electrons. The van der Waals surface area contributed by atoms with Crippen LogP contribution in [0.2, 0.25) is 0 Å². The lowest BCUT2D eigenvalue weighted by molar-refractivity contribution is 0.470. The molecule has 0 bridgehead atoms. The van der Waals surface area contributed by atoms with E-state index in [0.717, 1.165) is 0 Å². The van der Waals surface area contributed by atoms with Gasteiger partial charge in [0.15, 0.2) is 5.84 Å². The summed E-state index contributed by atoms with van der Waals surface area (Å²) >= 11 is 0. The molecule has 1 aromatic carbocycles. The zero-order valence-corrected chi connectivity index (χ0v) is 7.60. The van der Waals surface area contributed by atoms with Gasteiger partial charge in [-0.3, -0.25) is 5.41 Å². The molecular weight excluding hydrogens is 192 g/mol. The third-order valence-electron chi connectivity index (χ3n) is 2.35. The molecule has 0 atom stereocenters. The average molecular weight is 198 g/mol. The fraction of sp³-hybridized carbons (Fsp3) is 0. The second-order valence-corrected chi connectivity index (χ2v) is 3.24. The van der Waals surface area contributed by atoms with Crippen molar-refractivity contribution in [3.63, 3.8) is 0 Å².